The van der Waals surface area contributed by atoms with Crippen LogP contribution in [-0.4, -0.2) is 18.6 Å². The third-order valence-electron chi connectivity index (χ3n) is 8.06. The van der Waals surface area contributed by atoms with E-state index in [9.17, 15) is 4.79 Å². The normalized spacial score (nSPS) is 17.3. The molecule has 0 aliphatic heterocycles. The van der Waals surface area contributed by atoms with Crippen molar-refractivity contribution in [3.63, 3.8) is 0 Å². The standard InChI is InChI=1S/C24H34N2OS.C9H12.C7H14/c1-5-7-22(17-27)16-25-20(4)24(15-21-10-11-21)26-19(3)12-13-28-23-9-6-8-18(2)14-23;1-8-5-3-4-6-9(2)7-8;1-7-5-3-2-4-6-7/h6,8-9,14-15,17,21-22,25-26H,3-5,7,10-13,16H2,1-2H3;3-5,7H,6H2,1-2H3;7H,2-6H2,1H3/b24-15+;;. The fourth-order valence-electron chi connectivity index (χ4n) is 5.18. The highest BCUT2D eigenvalue weighted by molar-refractivity contribution is 7.99. The number of carbonyl (C=O) groups is 1. The van der Waals surface area contributed by atoms with Gasteiger partial charge in [-0.3, -0.25) is 0 Å². The summed E-state index contributed by atoms with van der Waals surface area (Å²) in [5.41, 5.74) is 6.93. The van der Waals surface area contributed by atoms with Gasteiger partial charge >= 0.3 is 0 Å². The number of allylic oxidation sites excluding steroid dienone is 8. The molecule has 44 heavy (non-hydrogen) atoms. The predicted molar refractivity (Wildman–Crippen MR) is 195 cm³/mol. The summed E-state index contributed by atoms with van der Waals surface area (Å²) in [7, 11) is 0. The van der Waals surface area contributed by atoms with Crippen molar-refractivity contribution in [3.05, 3.63) is 102 Å². The minimum atomic E-state index is 0.0397. The largest absolute Gasteiger partial charge is 0.383 e. The summed E-state index contributed by atoms with van der Waals surface area (Å²) >= 11 is 1.85. The monoisotopic (exact) mass is 616 g/mol. The van der Waals surface area contributed by atoms with Crippen LogP contribution in [0.2, 0.25) is 0 Å². The number of hydrogen-bond acceptors (Lipinski definition) is 4. The Morgan fingerprint density at radius 3 is 2.45 bits per heavy atom. The molecule has 1 unspecified atom stereocenters. The number of thioether (sulfide) groups is 1. The zero-order valence-electron chi connectivity index (χ0n) is 28.4. The van der Waals surface area contributed by atoms with E-state index >= 15 is 0 Å². The first kappa shape index (κ1) is 37.5. The van der Waals surface area contributed by atoms with Gasteiger partial charge in [0.2, 0.25) is 0 Å². The molecule has 4 heteroatoms. The summed E-state index contributed by atoms with van der Waals surface area (Å²) in [6.07, 6.45) is 25.8. The third-order valence-corrected chi connectivity index (χ3v) is 9.05. The van der Waals surface area contributed by atoms with Gasteiger partial charge in [-0.1, -0.05) is 125 Å². The van der Waals surface area contributed by atoms with E-state index in [-0.39, 0.29) is 5.92 Å². The van der Waals surface area contributed by atoms with Crippen LogP contribution < -0.4 is 10.6 Å². The summed E-state index contributed by atoms with van der Waals surface area (Å²) in [6, 6.07) is 8.58. The van der Waals surface area contributed by atoms with Gasteiger partial charge in [0.25, 0.3) is 0 Å². The number of nitrogens with one attached hydrogen (secondary N) is 2. The second-order valence-corrected chi connectivity index (χ2v) is 14.1. The molecule has 0 spiro atoms. The van der Waals surface area contributed by atoms with Crippen molar-refractivity contribution >= 4 is 18.0 Å². The van der Waals surface area contributed by atoms with Crippen LogP contribution in [0.25, 0.3) is 0 Å². The smallest absolute Gasteiger partial charge is 0.124 e. The lowest BCUT2D eigenvalue weighted by Crippen LogP contribution is -2.27. The Bertz CT molecular complexity index is 1150. The summed E-state index contributed by atoms with van der Waals surface area (Å²) in [5.74, 6) is 2.69. The Hall–Kier alpha value is -2.72. The number of aryl methyl sites for hydroxylation is 1. The van der Waals surface area contributed by atoms with Crippen LogP contribution >= 0.6 is 11.8 Å². The quantitative estimate of drug-likeness (QED) is 0.124. The lowest BCUT2D eigenvalue weighted by molar-refractivity contribution is -0.111. The predicted octanol–water partition coefficient (Wildman–Crippen LogP) is 11.0. The van der Waals surface area contributed by atoms with Gasteiger partial charge in [-0.05, 0) is 76.8 Å². The number of hydrogen-bond donors (Lipinski definition) is 2. The van der Waals surface area contributed by atoms with Gasteiger partial charge in [0.15, 0.2) is 0 Å². The lowest BCUT2D eigenvalue weighted by Gasteiger charge is -2.19. The van der Waals surface area contributed by atoms with Crippen molar-refractivity contribution in [1.29, 1.82) is 0 Å². The molecule has 3 nitrogen and oxygen atoms in total. The second-order valence-electron chi connectivity index (χ2n) is 12.9. The maximum atomic E-state index is 11.2. The molecule has 2 fully saturated rings. The fourth-order valence-corrected chi connectivity index (χ4v) is 6.21. The van der Waals surface area contributed by atoms with Gasteiger partial charge in [-0.15, -0.1) is 11.8 Å². The van der Waals surface area contributed by atoms with Crippen LogP contribution in [0.5, 0.6) is 0 Å². The van der Waals surface area contributed by atoms with Crippen LogP contribution in [0.15, 0.2) is 101 Å². The van der Waals surface area contributed by atoms with Gasteiger partial charge in [0.1, 0.15) is 6.29 Å². The Morgan fingerprint density at radius 2 is 1.84 bits per heavy atom. The SMILES string of the molecule is C=C(CCSc1cccc(C)c1)N/C(=C/C1CC1)C(=C)NCC(C=O)CCC.CC1=CC=CCC(C)=C1.CC1CCCCC1. The molecule has 242 valence electrons. The molecular formula is C40H60N2OS. The highest BCUT2D eigenvalue weighted by atomic mass is 32.2. The highest BCUT2D eigenvalue weighted by Crippen LogP contribution is 2.32. The molecule has 0 amide bonds. The van der Waals surface area contributed by atoms with E-state index in [1.54, 1.807) is 0 Å². The second kappa shape index (κ2) is 21.9. The van der Waals surface area contributed by atoms with Crippen LogP contribution in [0, 0.1) is 24.7 Å². The van der Waals surface area contributed by atoms with Gasteiger partial charge in [0.05, 0.1) is 11.4 Å². The van der Waals surface area contributed by atoms with Crippen LogP contribution in [0.3, 0.4) is 0 Å². The molecule has 0 radical (unpaired) electrons. The lowest BCUT2D eigenvalue weighted by atomic mass is 9.91. The molecular weight excluding hydrogens is 557 g/mol. The Morgan fingerprint density at radius 1 is 1.09 bits per heavy atom. The summed E-state index contributed by atoms with van der Waals surface area (Å²) in [6.45, 7) is 19.9. The molecule has 0 saturated heterocycles. The van der Waals surface area contributed by atoms with E-state index in [4.69, 9.17) is 0 Å². The average Bonchev–Trinajstić information content (AvgIpc) is 3.84. The van der Waals surface area contributed by atoms with Gasteiger partial charge in [0, 0.05) is 28.8 Å². The van der Waals surface area contributed by atoms with E-state index in [1.807, 2.05) is 11.8 Å². The molecule has 1 aromatic carbocycles. The molecule has 3 aliphatic rings. The molecule has 1 aromatic rings. The van der Waals surface area contributed by atoms with E-state index < -0.39 is 0 Å². The number of rotatable bonds is 14. The first-order valence-electron chi connectivity index (χ1n) is 16.9. The number of carbonyl (C=O) groups excluding carboxylic acids is 1. The minimum Gasteiger partial charge on any atom is -0.383 e. The molecule has 1 atom stereocenters. The van der Waals surface area contributed by atoms with Crippen molar-refractivity contribution in [1.82, 2.24) is 10.6 Å². The fraction of sp³-hybridized carbons (Fsp3) is 0.525. The van der Waals surface area contributed by atoms with Crippen molar-refractivity contribution < 1.29 is 4.79 Å². The number of aldehydes is 1. The molecule has 4 rings (SSSR count). The van der Waals surface area contributed by atoms with E-state index in [2.05, 4.69) is 113 Å². The maximum Gasteiger partial charge on any atom is 0.124 e. The molecule has 0 heterocycles. The zero-order chi connectivity index (χ0) is 32.2. The molecule has 0 bridgehead atoms. The van der Waals surface area contributed by atoms with E-state index in [1.165, 1.54) is 66.6 Å². The van der Waals surface area contributed by atoms with Gasteiger partial charge < -0.3 is 15.4 Å². The van der Waals surface area contributed by atoms with Crippen molar-refractivity contribution in [3.8, 4) is 0 Å². The Balaban J connectivity index is 0.000000339. The van der Waals surface area contributed by atoms with Crippen LogP contribution in [0.1, 0.15) is 104 Å². The van der Waals surface area contributed by atoms with Crippen molar-refractivity contribution in [2.24, 2.45) is 17.8 Å². The Labute approximate surface area is 274 Å². The summed E-state index contributed by atoms with van der Waals surface area (Å²) < 4.78 is 0. The van der Waals surface area contributed by atoms with E-state index in [0.29, 0.717) is 12.5 Å². The molecule has 2 N–H and O–H groups in total. The maximum absolute atomic E-state index is 11.2. The number of benzene rings is 1. The third kappa shape index (κ3) is 17.5. The van der Waals surface area contributed by atoms with Crippen LogP contribution in [-0.2, 0) is 4.79 Å². The van der Waals surface area contributed by atoms with Crippen molar-refractivity contribution in [2.75, 3.05) is 12.3 Å². The van der Waals surface area contributed by atoms with Gasteiger partial charge in [-0.2, -0.15) is 0 Å². The summed E-state index contributed by atoms with van der Waals surface area (Å²) in [4.78, 5) is 12.5. The first-order valence-corrected chi connectivity index (χ1v) is 17.9. The highest BCUT2D eigenvalue weighted by Gasteiger charge is 2.20. The van der Waals surface area contributed by atoms with E-state index in [0.717, 1.165) is 60.7 Å². The first-order chi connectivity index (χ1) is 21.2. The molecule has 3 aliphatic carbocycles. The van der Waals surface area contributed by atoms with Crippen LogP contribution in [0.4, 0.5) is 0 Å². The molecule has 2 saturated carbocycles. The zero-order valence-corrected chi connectivity index (χ0v) is 29.2. The van der Waals surface area contributed by atoms with Crippen molar-refractivity contribution in [2.45, 2.75) is 110 Å². The summed E-state index contributed by atoms with van der Waals surface area (Å²) in [5, 5.41) is 6.80. The minimum absolute atomic E-state index is 0.0397. The average molecular weight is 617 g/mol. The topological polar surface area (TPSA) is 41.1 Å². The van der Waals surface area contributed by atoms with Gasteiger partial charge in [-0.25, -0.2) is 0 Å². The molecule has 0 aromatic heterocycles. The Kier molecular flexibility index (Phi) is 18.6.